The lowest BCUT2D eigenvalue weighted by molar-refractivity contribution is 0.409. The van der Waals surface area contributed by atoms with Crippen molar-refractivity contribution in [1.82, 2.24) is 4.98 Å². The van der Waals surface area contributed by atoms with E-state index in [-0.39, 0.29) is 0 Å². The average Bonchev–Trinajstić information content (AvgIpc) is 2.73. The van der Waals surface area contributed by atoms with E-state index in [2.05, 4.69) is 36.8 Å². The molecular formula is C11H7Br2Cl2NO2S. The molecule has 1 heterocycles. The first kappa shape index (κ1) is 15.4. The molecule has 102 valence electrons. The van der Waals surface area contributed by atoms with E-state index in [9.17, 15) is 0 Å². The predicted molar refractivity (Wildman–Crippen MR) is 85.1 cm³/mol. The summed E-state index contributed by atoms with van der Waals surface area (Å²) >= 11 is 19.8. The second-order valence-electron chi connectivity index (χ2n) is 3.35. The highest BCUT2D eigenvalue weighted by atomic mass is 79.9. The van der Waals surface area contributed by atoms with Crippen LogP contribution in [0.15, 0.2) is 21.1 Å². The monoisotopic (exact) mass is 445 g/mol. The summed E-state index contributed by atoms with van der Waals surface area (Å²) in [4.78, 5) is 4.88. The summed E-state index contributed by atoms with van der Waals surface area (Å²) in [5.41, 5.74) is 0. The number of hydrogen-bond acceptors (Lipinski definition) is 4. The van der Waals surface area contributed by atoms with Gasteiger partial charge in [-0.3, -0.25) is 0 Å². The highest BCUT2D eigenvalue weighted by Gasteiger charge is 2.13. The Labute approximate surface area is 141 Å². The van der Waals surface area contributed by atoms with Crippen molar-refractivity contribution in [3.05, 3.63) is 31.1 Å². The van der Waals surface area contributed by atoms with Gasteiger partial charge >= 0.3 is 0 Å². The highest BCUT2D eigenvalue weighted by molar-refractivity contribution is 9.11. The summed E-state index contributed by atoms with van der Waals surface area (Å²) in [5.74, 6) is 1.63. The summed E-state index contributed by atoms with van der Waals surface area (Å²) in [6.07, 6.45) is 0. The molecule has 2 aromatic rings. The van der Waals surface area contributed by atoms with Gasteiger partial charge in [0.05, 0.1) is 26.8 Å². The second kappa shape index (κ2) is 6.63. The van der Waals surface area contributed by atoms with Crippen molar-refractivity contribution >= 4 is 66.4 Å². The maximum absolute atomic E-state index is 5.92. The van der Waals surface area contributed by atoms with Crippen LogP contribution in [0, 0.1) is 0 Å². The van der Waals surface area contributed by atoms with Crippen LogP contribution < -0.4 is 9.47 Å². The van der Waals surface area contributed by atoms with Crippen LogP contribution in [0.3, 0.4) is 0 Å². The summed E-state index contributed by atoms with van der Waals surface area (Å²) in [6, 6.07) is 3.59. The molecule has 0 saturated heterocycles. The van der Waals surface area contributed by atoms with Crippen molar-refractivity contribution in [2.75, 3.05) is 7.11 Å². The Bertz CT molecular complexity index is 607. The van der Waals surface area contributed by atoms with Crippen molar-refractivity contribution in [2.24, 2.45) is 0 Å². The van der Waals surface area contributed by atoms with E-state index in [4.69, 9.17) is 32.7 Å². The van der Waals surface area contributed by atoms with E-state index in [1.165, 1.54) is 11.3 Å². The normalized spacial score (nSPS) is 10.6. The van der Waals surface area contributed by atoms with E-state index in [0.29, 0.717) is 27.7 Å². The molecule has 3 nitrogen and oxygen atoms in total. The number of hydrogen-bond donors (Lipinski definition) is 0. The molecule has 0 N–H and O–H groups in total. The van der Waals surface area contributed by atoms with Crippen LogP contribution in [0.1, 0.15) is 4.88 Å². The third-order valence-corrected chi connectivity index (χ3v) is 5.18. The molecule has 0 aliphatic carbocycles. The molecule has 0 spiro atoms. The first-order valence-electron chi connectivity index (χ1n) is 4.97. The van der Waals surface area contributed by atoms with Crippen molar-refractivity contribution < 1.29 is 9.47 Å². The molecule has 8 heteroatoms. The number of methoxy groups -OCH3 is 1. The van der Waals surface area contributed by atoms with Gasteiger partial charge in [-0.25, -0.2) is 0 Å². The number of nitrogens with zero attached hydrogens (tertiary/aromatic N) is 1. The molecule has 0 bridgehead atoms. The van der Waals surface area contributed by atoms with Gasteiger partial charge in [-0.2, -0.15) is 4.98 Å². The summed E-state index contributed by atoms with van der Waals surface area (Å²) in [5, 5.41) is 0.817. The molecule has 0 fully saturated rings. The van der Waals surface area contributed by atoms with Crippen LogP contribution in [0.5, 0.6) is 16.7 Å². The molecule has 1 aromatic heterocycles. The van der Waals surface area contributed by atoms with Crippen molar-refractivity contribution in [3.63, 3.8) is 0 Å². The predicted octanol–water partition coefficient (Wildman–Crippen LogP) is 5.86. The van der Waals surface area contributed by atoms with Crippen molar-refractivity contribution in [2.45, 2.75) is 5.88 Å². The van der Waals surface area contributed by atoms with Gasteiger partial charge in [0.15, 0.2) is 0 Å². The number of halogens is 4. The summed E-state index contributed by atoms with van der Waals surface area (Å²) in [7, 11) is 1.60. The van der Waals surface area contributed by atoms with E-state index in [1.54, 1.807) is 19.2 Å². The Hall–Kier alpha value is -0.0100. The molecule has 0 aliphatic rings. The lowest BCUT2D eigenvalue weighted by Gasteiger charge is -2.08. The average molecular weight is 448 g/mol. The molecule has 0 amide bonds. The fourth-order valence-electron chi connectivity index (χ4n) is 1.28. The smallest absolute Gasteiger partial charge is 0.280 e. The van der Waals surface area contributed by atoms with Crippen LogP contribution in [0.4, 0.5) is 0 Å². The highest BCUT2D eigenvalue weighted by Crippen LogP contribution is 2.40. The Morgan fingerprint density at radius 3 is 2.47 bits per heavy atom. The largest absolute Gasteiger partial charge is 0.496 e. The molecule has 2 rings (SSSR count). The lowest BCUT2D eigenvalue weighted by atomic mass is 10.3. The third kappa shape index (κ3) is 3.55. The van der Waals surface area contributed by atoms with Gasteiger partial charge < -0.3 is 9.47 Å². The van der Waals surface area contributed by atoms with Gasteiger partial charge in [0.25, 0.3) is 5.19 Å². The van der Waals surface area contributed by atoms with Crippen LogP contribution in [0.2, 0.25) is 5.15 Å². The minimum Gasteiger partial charge on any atom is -0.496 e. The standard InChI is InChI=1S/C11H7Br2Cl2NO2S/c1-17-7-2-6(13)8(3-5(7)12)18-11-16-10(15)9(4-14)19-11/h2-3H,4H2,1H3. The zero-order chi connectivity index (χ0) is 14.0. The van der Waals surface area contributed by atoms with E-state index in [1.807, 2.05) is 0 Å². The van der Waals surface area contributed by atoms with Gasteiger partial charge in [0.2, 0.25) is 0 Å². The second-order valence-corrected chi connectivity index (χ2v) is 6.73. The van der Waals surface area contributed by atoms with Crippen LogP contribution >= 0.6 is 66.4 Å². The fourth-order valence-corrected chi connectivity index (χ4v) is 3.50. The van der Waals surface area contributed by atoms with E-state index < -0.39 is 0 Å². The van der Waals surface area contributed by atoms with E-state index in [0.717, 1.165) is 13.8 Å². The zero-order valence-corrected chi connectivity index (χ0v) is 15.0. The first-order valence-corrected chi connectivity index (χ1v) is 8.28. The zero-order valence-electron chi connectivity index (χ0n) is 9.55. The molecular weight excluding hydrogens is 441 g/mol. The SMILES string of the molecule is COc1cc(Br)c(Oc2nc(Cl)c(CCl)s2)cc1Br. The minimum absolute atomic E-state index is 0.313. The van der Waals surface area contributed by atoms with Gasteiger partial charge in [-0.05, 0) is 37.9 Å². The number of aromatic nitrogens is 1. The molecule has 0 unspecified atom stereocenters. The van der Waals surface area contributed by atoms with Gasteiger partial charge in [-0.1, -0.05) is 22.9 Å². The molecule has 0 saturated carbocycles. The maximum Gasteiger partial charge on any atom is 0.280 e. The Morgan fingerprint density at radius 2 is 1.89 bits per heavy atom. The number of alkyl halides is 1. The lowest BCUT2D eigenvalue weighted by Crippen LogP contribution is -1.89. The maximum atomic E-state index is 5.92. The van der Waals surface area contributed by atoms with Crippen molar-refractivity contribution in [1.29, 1.82) is 0 Å². The van der Waals surface area contributed by atoms with Crippen LogP contribution in [-0.4, -0.2) is 12.1 Å². The van der Waals surface area contributed by atoms with Crippen molar-refractivity contribution in [3.8, 4) is 16.7 Å². The number of rotatable bonds is 4. The van der Waals surface area contributed by atoms with Crippen LogP contribution in [-0.2, 0) is 5.88 Å². The minimum atomic E-state index is 0.313. The molecule has 0 radical (unpaired) electrons. The molecule has 0 atom stereocenters. The Kier molecular flexibility index (Phi) is 5.37. The quantitative estimate of drug-likeness (QED) is 0.550. The van der Waals surface area contributed by atoms with Crippen LogP contribution in [0.25, 0.3) is 0 Å². The molecule has 19 heavy (non-hydrogen) atoms. The summed E-state index contributed by atoms with van der Waals surface area (Å²) in [6.45, 7) is 0. The number of benzene rings is 1. The van der Waals surface area contributed by atoms with E-state index >= 15 is 0 Å². The van der Waals surface area contributed by atoms with Gasteiger partial charge in [0.1, 0.15) is 16.7 Å². The van der Waals surface area contributed by atoms with Gasteiger partial charge in [0, 0.05) is 6.07 Å². The fraction of sp³-hybridized carbons (Fsp3) is 0.182. The Balaban J connectivity index is 2.30. The summed E-state index contributed by atoms with van der Waals surface area (Å²) < 4.78 is 12.4. The molecule has 0 aliphatic heterocycles. The molecule has 1 aromatic carbocycles. The van der Waals surface area contributed by atoms with Gasteiger partial charge in [-0.15, -0.1) is 11.6 Å². The number of thiazole rings is 1. The number of ether oxygens (including phenoxy) is 2. The Morgan fingerprint density at radius 1 is 1.26 bits per heavy atom. The third-order valence-electron chi connectivity index (χ3n) is 2.16. The topological polar surface area (TPSA) is 31.4 Å². The first-order chi connectivity index (χ1) is 9.05.